The molecule has 6 heteroatoms. The van der Waals surface area contributed by atoms with Crippen LogP contribution in [0.2, 0.25) is 5.02 Å². The van der Waals surface area contributed by atoms with Crippen molar-refractivity contribution < 1.29 is 8.42 Å². The summed E-state index contributed by atoms with van der Waals surface area (Å²) in [6, 6.07) is 14.9. The van der Waals surface area contributed by atoms with E-state index >= 15 is 0 Å². The van der Waals surface area contributed by atoms with Crippen molar-refractivity contribution in [2.24, 2.45) is 0 Å². The number of halogens is 1. The Kier molecular flexibility index (Phi) is 6.57. The Balaban J connectivity index is 1.56. The second kappa shape index (κ2) is 8.89. The van der Waals surface area contributed by atoms with E-state index in [-0.39, 0.29) is 9.92 Å². The number of anilines is 1. The van der Waals surface area contributed by atoms with Gasteiger partial charge in [0.2, 0.25) is 10.0 Å². The van der Waals surface area contributed by atoms with Crippen LogP contribution in [0.25, 0.3) is 0 Å². The fourth-order valence-corrected chi connectivity index (χ4v) is 4.82. The molecule has 1 saturated heterocycles. The molecule has 0 spiro atoms. The molecule has 1 heterocycles. The fraction of sp³-hybridized carbons (Fsp3) is 0.400. The van der Waals surface area contributed by atoms with Crippen LogP contribution in [0.4, 0.5) is 5.69 Å². The summed E-state index contributed by atoms with van der Waals surface area (Å²) in [6.07, 6.45) is 5.79. The van der Waals surface area contributed by atoms with Gasteiger partial charge in [0.1, 0.15) is 4.90 Å². The summed E-state index contributed by atoms with van der Waals surface area (Å²) in [6.45, 7) is 2.59. The normalized spacial score (nSPS) is 15.7. The summed E-state index contributed by atoms with van der Waals surface area (Å²) in [5.74, 6) is 0. The predicted octanol–water partition coefficient (Wildman–Crippen LogP) is 4.24. The maximum absolute atomic E-state index is 12.3. The molecule has 1 fully saturated rings. The highest BCUT2D eigenvalue weighted by Crippen LogP contribution is 2.21. The molecule has 2 aromatic rings. The molecule has 2 aromatic carbocycles. The first-order valence-electron chi connectivity index (χ1n) is 9.14. The number of sulfonamides is 1. The maximum atomic E-state index is 12.3. The maximum Gasteiger partial charge on any atom is 0.242 e. The van der Waals surface area contributed by atoms with Crippen LogP contribution in [0.3, 0.4) is 0 Å². The molecule has 0 aromatic heterocycles. The van der Waals surface area contributed by atoms with Gasteiger partial charge in [-0.2, -0.15) is 0 Å². The highest BCUT2D eigenvalue weighted by Gasteiger charge is 2.16. The lowest BCUT2D eigenvalue weighted by Gasteiger charge is -2.22. The first-order chi connectivity index (χ1) is 12.6. The zero-order valence-electron chi connectivity index (χ0n) is 14.8. The van der Waals surface area contributed by atoms with Crippen LogP contribution in [0.1, 0.15) is 31.2 Å². The molecule has 0 radical (unpaired) electrons. The van der Waals surface area contributed by atoms with Gasteiger partial charge in [-0.1, -0.05) is 48.7 Å². The van der Waals surface area contributed by atoms with E-state index in [2.05, 4.69) is 33.9 Å². The first kappa shape index (κ1) is 19.2. The largest absolute Gasteiger partial charge is 0.372 e. The summed E-state index contributed by atoms with van der Waals surface area (Å²) < 4.78 is 27.3. The molecule has 1 aliphatic rings. The van der Waals surface area contributed by atoms with Crippen molar-refractivity contribution >= 4 is 27.3 Å². The molecular formula is C20H25ClN2O2S. The van der Waals surface area contributed by atoms with Gasteiger partial charge in [-0.3, -0.25) is 0 Å². The number of hydrogen-bond acceptors (Lipinski definition) is 3. The van der Waals surface area contributed by atoms with Crippen molar-refractivity contribution in [3.8, 4) is 0 Å². The van der Waals surface area contributed by atoms with E-state index in [9.17, 15) is 8.42 Å². The standard InChI is InChI=1S/C20H25ClN2O2S/c21-19-7-3-4-8-20(19)26(24,25)22-14-13-17-9-11-18(12-10-17)23-15-5-1-2-6-16-23/h3-4,7-12,22H,1-2,5-6,13-16H2. The smallest absolute Gasteiger partial charge is 0.242 e. The van der Waals surface area contributed by atoms with Gasteiger partial charge in [0.25, 0.3) is 0 Å². The van der Waals surface area contributed by atoms with E-state index in [0.717, 1.165) is 18.7 Å². The highest BCUT2D eigenvalue weighted by molar-refractivity contribution is 7.89. The van der Waals surface area contributed by atoms with Crippen molar-refractivity contribution in [1.29, 1.82) is 0 Å². The van der Waals surface area contributed by atoms with Crippen LogP contribution in [0, 0.1) is 0 Å². The predicted molar refractivity (Wildman–Crippen MR) is 107 cm³/mol. The summed E-state index contributed by atoms with van der Waals surface area (Å²) in [7, 11) is -3.58. The van der Waals surface area contributed by atoms with E-state index in [0.29, 0.717) is 13.0 Å². The van der Waals surface area contributed by atoms with Crippen LogP contribution >= 0.6 is 11.6 Å². The SMILES string of the molecule is O=S(=O)(NCCc1ccc(N2CCCCCC2)cc1)c1ccccc1Cl. The fourth-order valence-electron chi connectivity index (χ4n) is 3.27. The lowest BCUT2D eigenvalue weighted by molar-refractivity contribution is 0.581. The number of hydrogen-bond donors (Lipinski definition) is 1. The molecule has 1 N–H and O–H groups in total. The Morgan fingerprint density at radius 3 is 2.23 bits per heavy atom. The number of benzene rings is 2. The van der Waals surface area contributed by atoms with Crippen LogP contribution in [-0.4, -0.2) is 28.1 Å². The Labute approximate surface area is 161 Å². The lowest BCUT2D eigenvalue weighted by atomic mass is 10.1. The van der Waals surface area contributed by atoms with E-state index in [4.69, 9.17) is 11.6 Å². The van der Waals surface area contributed by atoms with Crippen LogP contribution < -0.4 is 9.62 Å². The van der Waals surface area contributed by atoms with Crippen molar-refractivity contribution in [3.63, 3.8) is 0 Å². The number of rotatable bonds is 6. The van der Waals surface area contributed by atoms with Crippen molar-refractivity contribution in [2.45, 2.75) is 37.0 Å². The summed E-state index contributed by atoms with van der Waals surface area (Å²) in [5, 5.41) is 0.238. The topological polar surface area (TPSA) is 49.4 Å². The third-order valence-electron chi connectivity index (χ3n) is 4.74. The highest BCUT2D eigenvalue weighted by atomic mass is 35.5. The Bertz CT molecular complexity index is 814. The molecule has 0 saturated carbocycles. The number of nitrogens with zero attached hydrogens (tertiary/aromatic N) is 1. The second-order valence-corrected chi connectivity index (χ2v) is 8.79. The third-order valence-corrected chi connectivity index (χ3v) is 6.70. The van der Waals surface area contributed by atoms with E-state index in [1.54, 1.807) is 18.2 Å². The minimum Gasteiger partial charge on any atom is -0.372 e. The minimum absolute atomic E-state index is 0.123. The lowest BCUT2D eigenvalue weighted by Crippen LogP contribution is -2.26. The second-order valence-electron chi connectivity index (χ2n) is 6.65. The summed E-state index contributed by atoms with van der Waals surface area (Å²) in [4.78, 5) is 2.56. The molecule has 0 aliphatic carbocycles. The van der Waals surface area contributed by atoms with Gasteiger partial charge in [-0.15, -0.1) is 0 Å². The summed E-state index contributed by atoms with van der Waals surface area (Å²) >= 11 is 5.98. The molecule has 0 bridgehead atoms. The molecule has 26 heavy (non-hydrogen) atoms. The first-order valence-corrected chi connectivity index (χ1v) is 11.0. The Morgan fingerprint density at radius 2 is 1.58 bits per heavy atom. The van der Waals surface area contributed by atoms with E-state index in [1.165, 1.54) is 37.4 Å². The molecule has 4 nitrogen and oxygen atoms in total. The van der Waals surface area contributed by atoms with Gasteiger partial charge in [-0.25, -0.2) is 13.1 Å². The van der Waals surface area contributed by atoms with Gasteiger partial charge in [0.15, 0.2) is 0 Å². The van der Waals surface area contributed by atoms with Gasteiger partial charge < -0.3 is 4.90 Å². The van der Waals surface area contributed by atoms with Crippen LogP contribution in [-0.2, 0) is 16.4 Å². The van der Waals surface area contributed by atoms with E-state index < -0.39 is 10.0 Å². The zero-order chi connectivity index (χ0) is 18.4. The van der Waals surface area contributed by atoms with E-state index in [1.807, 2.05) is 0 Å². The molecule has 3 rings (SSSR count). The van der Waals surface area contributed by atoms with Gasteiger partial charge in [0, 0.05) is 25.3 Å². The van der Waals surface area contributed by atoms with Gasteiger partial charge >= 0.3 is 0 Å². The number of nitrogens with one attached hydrogen (secondary N) is 1. The molecule has 140 valence electrons. The Hall–Kier alpha value is -1.56. The van der Waals surface area contributed by atoms with Crippen LogP contribution in [0.5, 0.6) is 0 Å². The van der Waals surface area contributed by atoms with Crippen LogP contribution in [0.15, 0.2) is 53.4 Å². The Morgan fingerprint density at radius 1 is 0.923 bits per heavy atom. The average Bonchev–Trinajstić information content (AvgIpc) is 2.92. The molecule has 0 atom stereocenters. The molecular weight excluding hydrogens is 368 g/mol. The minimum atomic E-state index is -3.58. The molecule has 1 aliphatic heterocycles. The van der Waals surface area contributed by atoms with Crippen molar-refractivity contribution in [3.05, 3.63) is 59.1 Å². The summed E-state index contributed by atoms with van der Waals surface area (Å²) in [5.41, 5.74) is 2.37. The molecule has 0 amide bonds. The zero-order valence-corrected chi connectivity index (χ0v) is 16.4. The average molecular weight is 393 g/mol. The monoisotopic (exact) mass is 392 g/mol. The quantitative estimate of drug-likeness (QED) is 0.799. The third kappa shape index (κ3) is 5.00. The van der Waals surface area contributed by atoms with Gasteiger partial charge in [0.05, 0.1) is 5.02 Å². The van der Waals surface area contributed by atoms with Gasteiger partial charge in [-0.05, 0) is 49.1 Å². The van der Waals surface area contributed by atoms with Crippen molar-refractivity contribution in [1.82, 2.24) is 4.72 Å². The molecule has 0 unspecified atom stereocenters. The van der Waals surface area contributed by atoms with Crippen molar-refractivity contribution in [2.75, 3.05) is 24.5 Å².